The molecule has 0 spiro atoms. The Hall–Kier alpha value is -3.35. The lowest BCUT2D eigenvalue weighted by Crippen LogP contribution is -2.33. The molecule has 2 aromatic carbocycles. The highest BCUT2D eigenvalue weighted by Gasteiger charge is 2.30. The Morgan fingerprint density at radius 3 is 2.36 bits per heavy atom. The van der Waals surface area contributed by atoms with Crippen LogP contribution in [-0.2, 0) is 12.6 Å². The van der Waals surface area contributed by atoms with Crippen LogP contribution in [0.1, 0.15) is 11.1 Å². The van der Waals surface area contributed by atoms with E-state index in [9.17, 15) is 18.0 Å². The first-order valence-electron chi connectivity index (χ1n) is 8.71. The molecule has 0 saturated heterocycles. The Labute approximate surface area is 159 Å². The fourth-order valence-electron chi connectivity index (χ4n) is 3.27. The SMILES string of the molecule is O=C(Nc1ccc(C(F)(F)F)cc1)N1CCc2cc(-c3ccncc3)ccc21. The van der Waals surface area contributed by atoms with E-state index < -0.39 is 11.7 Å². The zero-order valence-corrected chi connectivity index (χ0v) is 14.7. The third-order valence-electron chi connectivity index (χ3n) is 4.70. The number of anilines is 2. The van der Waals surface area contributed by atoms with Crippen molar-refractivity contribution in [1.82, 2.24) is 4.98 Å². The van der Waals surface area contributed by atoms with Crippen molar-refractivity contribution in [1.29, 1.82) is 0 Å². The largest absolute Gasteiger partial charge is 0.416 e. The monoisotopic (exact) mass is 383 g/mol. The van der Waals surface area contributed by atoms with Crippen molar-refractivity contribution in [3.05, 3.63) is 78.1 Å². The number of halogens is 3. The molecule has 4 nitrogen and oxygen atoms in total. The topological polar surface area (TPSA) is 45.2 Å². The van der Waals surface area contributed by atoms with Crippen molar-refractivity contribution in [3.8, 4) is 11.1 Å². The van der Waals surface area contributed by atoms with E-state index in [2.05, 4.69) is 16.4 Å². The first-order valence-corrected chi connectivity index (χ1v) is 8.71. The fourth-order valence-corrected chi connectivity index (χ4v) is 3.27. The van der Waals surface area contributed by atoms with Crippen LogP contribution in [0.4, 0.5) is 29.3 Å². The lowest BCUT2D eigenvalue weighted by atomic mass is 10.0. The van der Waals surface area contributed by atoms with Crippen LogP contribution < -0.4 is 10.2 Å². The van der Waals surface area contributed by atoms with Gasteiger partial charge in [0.1, 0.15) is 0 Å². The third-order valence-corrected chi connectivity index (χ3v) is 4.70. The van der Waals surface area contributed by atoms with E-state index >= 15 is 0 Å². The van der Waals surface area contributed by atoms with Gasteiger partial charge in [-0.2, -0.15) is 13.2 Å². The van der Waals surface area contributed by atoms with Crippen LogP contribution in [0.15, 0.2) is 67.0 Å². The van der Waals surface area contributed by atoms with Crippen LogP contribution in [0, 0.1) is 0 Å². The molecule has 0 aliphatic carbocycles. The number of benzene rings is 2. The van der Waals surface area contributed by atoms with Crippen LogP contribution in [-0.4, -0.2) is 17.6 Å². The van der Waals surface area contributed by atoms with Gasteiger partial charge in [-0.1, -0.05) is 6.07 Å². The molecular formula is C21H16F3N3O. The number of urea groups is 1. The van der Waals surface area contributed by atoms with E-state index in [0.29, 0.717) is 18.7 Å². The molecule has 1 aliphatic rings. The third kappa shape index (κ3) is 3.55. The molecule has 4 rings (SSSR count). The number of aromatic nitrogens is 1. The fraction of sp³-hybridized carbons (Fsp3) is 0.143. The van der Waals surface area contributed by atoms with Crippen LogP contribution in [0.5, 0.6) is 0 Å². The number of carbonyl (C=O) groups is 1. The van der Waals surface area contributed by atoms with Gasteiger partial charge in [-0.15, -0.1) is 0 Å². The minimum Gasteiger partial charge on any atom is -0.308 e. The maximum absolute atomic E-state index is 12.6. The lowest BCUT2D eigenvalue weighted by molar-refractivity contribution is -0.137. The van der Waals surface area contributed by atoms with Crippen molar-refractivity contribution >= 4 is 17.4 Å². The molecule has 0 fully saturated rings. The molecule has 0 atom stereocenters. The molecule has 2 amide bonds. The summed E-state index contributed by atoms with van der Waals surface area (Å²) in [7, 11) is 0. The zero-order valence-electron chi connectivity index (χ0n) is 14.7. The number of alkyl halides is 3. The van der Waals surface area contributed by atoms with E-state index in [0.717, 1.165) is 34.5 Å². The number of hydrogen-bond donors (Lipinski definition) is 1. The average molecular weight is 383 g/mol. The summed E-state index contributed by atoms with van der Waals surface area (Å²) in [4.78, 5) is 18.2. The highest BCUT2D eigenvalue weighted by atomic mass is 19.4. The highest BCUT2D eigenvalue weighted by Crippen LogP contribution is 2.33. The quantitative estimate of drug-likeness (QED) is 0.647. The van der Waals surface area contributed by atoms with E-state index in [1.807, 2.05) is 24.3 Å². The summed E-state index contributed by atoms with van der Waals surface area (Å²) >= 11 is 0. The van der Waals surface area contributed by atoms with Crippen LogP contribution >= 0.6 is 0 Å². The first-order chi connectivity index (χ1) is 13.4. The summed E-state index contributed by atoms with van der Waals surface area (Å²) in [5.74, 6) is 0. The van der Waals surface area contributed by atoms with Crippen molar-refractivity contribution in [2.75, 3.05) is 16.8 Å². The van der Waals surface area contributed by atoms with Crippen molar-refractivity contribution < 1.29 is 18.0 Å². The molecule has 2 heterocycles. The van der Waals surface area contributed by atoms with E-state index in [1.54, 1.807) is 17.3 Å². The van der Waals surface area contributed by atoms with Gasteiger partial charge < -0.3 is 5.32 Å². The van der Waals surface area contributed by atoms with Gasteiger partial charge in [0, 0.05) is 30.3 Å². The summed E-state index contributed by atoms with van der Waals surface area (Å²) in [6, 6.07) is 13.8. The molecule has 7 heteroatoms. The number of amides is 2. The maximum atomic E-state index is 12.6. The lowest BCUT2D eigenvalue weighted by Gasteiger charge is -2.18. The van der Waals surface area contributed by atoms with Gasteiger partial charge in [0.05, 0.1) is 5.56 Å². The van der Waals surface area contributed by atoms with E-state index in [-0.39, 0.29) is 6.03 Å². The Morgan fingerprint density at radius 1 is 0.964 bits per heavy atom. The minimum atomic E-state index is -4.40. The molecule has 0 saturated carbocycles. The first kappa shape index (κ1) is 18.0. The molecule has 0 unspecified atom stereocenters. The minimum absolute atomic E-state index is 0.319. The molecule has 1 aliphatic heterocycles. The summed E-state index contributed by atoms with van der Waals surface area (Å²) in [5.41, 5.74) is 3.52. The molecule has 0 radical (unpaired) electrons. The number of carbonyl (C=O) groups excluding carboxylic acids is 1. The Bertz CT molecular complexity index is 1000. The summed E-state index contributed by atoms with van der Waals surface area (Å²) in [5, 5.41) is 2.66. The normalized spacial score (nSPS) is 13.3. The second kappa shape index (κ2) is 6.99. The average Bonchev–Trinajstić information content (AvgIpc) is 3.12. The number of hydrogen-bond acceptors (Lipinski definition) is 2. The molecule has 3 aromatic rings. The van der Waals surface area contributed by atoms with Crippen LogP contribution in [0.25, 0.3) is 11.1 Å². The van der Waals surface area contributed by atoms with Gasteiger partial charge in [-0.3, -0.25) is 9.88 Å². The van der Waals surface area contributed by atoms with Crippen LogP contribution in [0.2, 0.25) is 0 Å². The van der Waals surface area contributed by atoms with Gasteiger partial charge >= 0.3 is 12.2 Å². The number of fused-ring (bicyclic) bond motifs is 1. The van der Waals surface area contributed by atoms with Gasteiger partial charge in [-0.25, -0.2) is 4.79 Å². The molecule has 28 heavy (non-hydrogen) atoms. The Balaban J connectivity index is 1.50. The molecule has 1 aromatic heterocycles. The second-order valence-corrected chi connectivity index (χ2v) is 6.49. The van der Waals surface area contributed by atoms with Gasteiger partial charge in [-0.05, 0) is 71.6 Å². The van der Waals surface area contributed by atoms with E-state index in [4.69, 9.17) is 0 Å². The van der Waals surface area contributed by atoms with Crippen molar-refractivity contribution in [2.24, 2.45) is 0 Å². The highest BCUT2D eigenvalue weighted by molar-refractivity contribution is 6.03. The Kier molecular flexibility index (Phi) is 4.50. The number of nitrogens with zero attached hydrogens (tertiary/aromatic N) is 2. The van der Waals surface area contributed by atoms with Gasteiger partial charge in [0.25, 0.3) is 0 Å². The molecule has 1 N–H and O–H groups in total. The summed E-state index contributed by atoms with van der Waals surface area (Å²) < 4.78 is 37.9. The summed E-state index contributed by atoms with van der Waals surface area (Å²) in [6.45, 7) is 0.515. The van der Waals surface area contributed by atoms with Gasteiger partial charge in [0.15, 0.2) is 0 Å². The zero-order chi connectivity index (χ0) is 19.7. The van der Waals surface area contributed by atoms with Gasteiger partial charge in [0.2, 0.25) is 0 Å². The molecule has 0 bridgehead atoms. The standard InChI is InChI=1S/C21H16F3N3O/c22-21(23,24)17-2-4-18(5-3-17)26-20(28)27-12-9-16-13-15(1-6-19(16)27)14-7-10-25-11-8-14/h1-8,10-11,13H,9,12H2,(H,26,28). The van der Waals surface area contributed by atoms with E-state index in [1.165, 1.54) is 12.1 Å². The predicted molar refractivity (Wildman–Crippen MR) is 101 cm³/mol. The Morgan fingerprint density at radius 2 is 1.68 bits per heavy atom. The smallest absolute Gasteiger partial charge is 0.308 e. The number of rotatable bonds is 2. The van der Waals surface area contributed by atoms with Crippen molar-refractivity contribution in [2.45, 2.75) is 12.6 Å². The maximum Gasteiger partial charge on any atom is 0.416 e. The number of nitrogens with one attached hydrogen (secondary N) is 1. The van der Waals surface area contributed by atoms with Crippen molar-refractivity contribution in [3.63, 3.8) is 0 Å². The molecule has 142 valence electrons. The predicted octanol–water partition coefficient (Wildman–Crippen LogP) is 5.36. The molecular weight excluding hydrogens is 367 g/mol. The number of pyridine rings is 1. The van der Waals surface area contributed by atoms with Crippen LogP contribution in [0.3, 0.4) is 0 Å². The summed E-state index contributed by atoms with van der Waals surface area (Å²) in [6.07, 6.45) is -0.226. The second-order valence-electron chi connectivity index (χ2n) is 6.49.